The van der Waals surface area contributed by atoms with Gasteiger partial charge in [0.25, 0.3) is 5.88 Å². The average Bonchev–Trinajstić information content (AvgIpc) is 2.62. The first-order valence-corrected chi connectivity index (χ1v) is 9.96. The molecule has 1 aromatic heterocycles. The Bertz CT molecular complexity index is 762. The second kappa shape index (κ2) is 11.1. The van der Waals surface area contributed by atoms with Gasteiger partial charge < -0.3 is 9.47 Å². The van der Waals surface area contributed by atoms with Gasteiger partial charge in [-0.05, 0) is 6.42 Å². The molecule has 0 spiro atoms. The van der Waals surface area contributed by atoms with E-state index in [-0.39, 0.29) is 6.61 Å². The maximum atomic E-state index is 13.8. The van der Waals surface area contributed by atoms with E-state index < -0.39 is 70.0 Å². The second-order valence-electron chi connectivity index (χ2n) is 5.64. The summed E-state index contributed by atoms with van der Waals surface area (Å²) in [5.74, 6) is -1.50. The maximum absolute atomic E-state index is 13.8. The fourth-order valence-electron chi connectivity index (χ4n) is 1.71. The van der Waals surface area contributed by atoms with Crippen LogP contribution in [0.5, 0.6) is 5.88 Å². The zero-order valence-corrected chi connectivity index (χ0v) is 16.4. The SMILES string of the molecule is CCCOc1nc(=O)n(CCOCP(=O)(OCC(F)(F)F)OCC(F)(F)F)cc1F. The number of ether oxygens (including phenoxy) is 2. The van der Waals surface area contributed by atoms with Crippen molar-refractivity contribution in [1.29, 1.82) is 0 Å². The standard InChI is InChI=1S/C14H18F7N2O6P/c1-2-4-27-11-10(15)6-23(12(24)22-11)3-5-26-9-30(25,28-7-13(16,17)18)29-8-14(19,20)21/h6H,2-5,7-9H2,1H3. The number of aromatic nitrogens is 2. The summed E-state index contributed by atoms with van der Waals surface area (Å²) < 4.78 is 117. The van der Waals surface area contributed by atoms with E-state index in [2.05, 4.69) is 14.0 Å². The zero-order valence-electron chi connectivity index (χ0n) is 15.5. The van der Waals surface area contributed by atoms with E-state index in [9.17, 15) is 40.1 Å². The summed E-state index contributed by atoms with van der Waals surface area (Å²) in [4.78, 5) is 15.1. The fourth-order valence-corrected chi connectivity index (χ4v) is 2.97. The smallest absolute Gasteiger partial charge is 0.412 e. The summed E-state index contributed by atoms with van der Waals surface area (Å²) in [6, 6.07) is 0. The minimum Gasteiger partial charge on any atom is -0.475 e. The van der Waals surface area contributed by atoms with Gasteiger partial charge in [0.1, 0.15) is 6.35 Å². The minimum absolute atomic E-state index is 0.113. The number of rotatable bonds is 12. The predicted molar refractivity (Wildman–Crippen MR) is 86.7 cm³/mol. The van der Waals surface area contributed by atoms with Crippen molar-refractivity contribution < 1.29 is 53.8 Å². The van der Waals surface area contributed by atoms with Crippen molar-refractivity contribution in [2.24, 2.45) is 0 Å². The fraction of sp³-hybridized carbons (Fsp3) is 0.714. The van der Waals surface area contributed by atoms with E-state index in [4.69, 9.17) is 9.47 Å². The molecule has 16 heteroatoms. The monoisotopic (exact) mass is 474 g/mol. The second-order valence-corrected chi connectivity index (χ2v) is 7.64. The molecule has 1 rings (SSSR count). The third kappa shape index (κ3) is 10.4. The van der Waals surface area contributed by atoms with Gasteiger partial charge in [-0.15, -0.1) is 0 Å². The van der Waals surface area contributed by atoms with Crippen molar-refractivity contribution in [3.05, 3.63) is 22.5 Å². The molecule has 8 nitrogen and oxygen atoms in total. The molecule has 0 aliphatic carbocycles. The summed E-state index contributed by atoms with van der Waals surface area (Å²) in [6.07, 6.45) is -9.96. The van der Waals surface area contributed by atoms with Crippen LogP contribution in [0.15, 0.2) is 11.0 Å². The summed E-state index contributed by atoms with van der Waals surface area (Å²) in [7, 11) is -4.93. The number of hydrogen-bond donors (Lipinski definition) is 0. The van der Waals surface area contributed by atoms with Crippen LogP contribution in [0.2, 0.25) is 0 Å². The van der Waals surface area contributed by atoms with Gasteiger partial charge in [0.2, 0.25) is 5.82 Å². The molecule has 0 bridgehead atoms. The Balaban J connectivity index is 2.68. The Kier molecular flexibility index (Phi) is 9.72. The van der Waals surface area contributed by atoms with Crippen molar-refractivity contribution in [1.82, 2.24) is 9.55 Å². The molecular formula is C14H18F7N2O6P. The number of hydrogen-bond acceptors (Lipinski definition) is 7. The Labute approximate surface area is 165 Å². The molecule has 0 saturated heterocycles. The van der Waals surface area contributed by atoms with Crippen LogP contribution in [0.4, 0.5) is 30.7 Å². The first-order valence-electron chi connectivity index (χ1n) is 8.24. The third-order valence-corrected chi connectivity index (χ3v) is 4.48. The van der Waals surface area contributed by atoms with Crippen LogP contribution in [0.1, 0.15) is 13.3 Å². The molecule has 174 valence electrons. The van der Waals surface area contributed by atoms with E-state index in [0.29, 0.717) is 11.0 Å². The summed E-state index contributed by atoms with van der Waals surface area (Å²) >= 11 is 0. The van der Waals surface area contributed by atoms with E-state index >= 15 is 0 Å². The average molecular weight is 474 g/mol. The van der Waals surface area contributed by atoms with Crippen molar-refractivity contribution in [2.45, 2.75) is 32.2 Å². The maximum Gasteiger partial charge on any atom is 0.412 e. The van der Waals surface area contributed by atoms with Crippen molar-refractivity contribution in [2.75, 3.05) is 32.8 Å². The first kappa shape index (κ1) is 26.3. The molecule has 0 aliphatic rings. The van der Waals surface area contributed by atoms with Crippen molar-refractivity contribution >= 4 is 7.60 Å². The highest BCUT2D eigenvalue weighted by molar-refractivity contribution is 7.53. The molecular weight excluding hydrogens is 456 g/mol. The van der Waals surface area contributed by atoms with Crippen LogP contribution in [-0.4, -0.2) is 54.7 Å². The summed E-state index contributed by atoms with van der Waals surface area (Å²) in [5, 5.41) is 0. The lowest BCUT2D eigenvalue weighted by atomic mass is 10.5. The lowest BCUT2D eigenvalue weighted by Gasteiger charge is -2.20. The third-order valence-electron chi connectivity index (χ3n) is 2.94. The number of halogens is 7. The lowest BCUT2D eigenvalue weighted by molar-refractivity contribution is -0.166. The zero-order chi connectivity index (χ0) is 23.0. The molecule has 0 fully saturated rings. The molecule has 0 unspecified atom stereocenters. The largest absolute Gasteiger partial charge is 0.475 e. The number of nitrogens with zero attached hydrogens (tertiary/aromatic N) is 2. The molecule has 1 heterocycles. The van der Waals surface area contributed by atoms with Gasteiger partial charge in [0, 0.05) is 0 Å². The molecule has 1 aromatic rings. The van der Waals surface area contributed by atoms with Crippen molar-refractivity contribution in [3.63, 3.8) is 0 Å². The van der Waals surface area contributed by atoms with E-state index in [1.165, 1.54) is 0 Å². The molecule has 0 aliphatic heterocycles. The Morgan fingerprint density at radius 3 is 2.13 bits per heavy atom. The molecule has 0 N–H and O–H groups in total. The molecule has 0 amide bonds. The van der Waals surface area contributed by atoms with Crippen molar-refractivity contribution in [3.8, 4) is 5.88 Å². The number of alkyl halides is 6. The normalized spacial score (nSPS) is 12.9. The van der Waals surface area contributed by atoms with Gasteiger partial charge >= 0.3 is 25.6 Å². The molecule has 0 saturated carbocycles. The Hall–Kier alpha value is -1.70. The minimum atomic E-state index is -4.98. The van der Waals surface area contributed by atoms with E-state index in [0.717, 1.165) is 6.20 Å². The molecule has 30 heavy (non-hydrogen) atoms. The molecule has 0 atom stereocenters. The van der Waals surface area contributed by atoms with Gasteiger partial charge in [0.15, 0.2) is 13.2 Å². The van der Waals surface area contributed by atoms with E-state index in [1.54, 1.807) is 6.92 Å². The van der Waals surface area contributed by atoms with E-state index in [1.807, 2.05) is 0 Å². The lowest BCUT2D eigenvalue weighted by Crippen LogP contribution is -2.26. The van der Waals surface area contributed by atoms with Gasteiger partial charge in [-0.25, -0.2) is 4.79 Å². The van der Waals surface area contributed by atoms with Gasteiger partial charge in [-0.3, -0.25) is 18.2 Å². The van der Waals surface area contributed by atoms with Crippen LogP contribution in [-0.2, 0) is 24.9 Å². The predicted octanol–water partition coefficient (Wildman–Crippen LogP) is 3.50. The molecule has 0 radical (unpaired) electrons. The van der Waals surface area contributed by atoms with Crippen LogP contribution < -0.4 is 10.4 Å². The van der Waals surface area contributed by atoms with Crippen LogP contribution in [0.3, 0.4) is 0 Å². The topological polar surface area (TPSA) is 88.9 Å². The van der Waals surface area contributed by atoms with Crippen LogP contribution in [0.25, 0.3) is 0 Å². The Morgan fingerprint density at radius 2 is 1.63 bits per heavy atom. The van der Waals surface area contributed by atoms with Crippen LogP contribution in [0, 0.1) is 5.82 Å². The van der Waals surface area contributed by atoms with Gasteiger partial charge in [0.05, 0.1) is 26.0 Å². The quantitative estimate of drug-likeness (QED) is 0.260. The van der Waals surface area contributed by atoms with Gasteiger partial charge in [-0.1, -0.05) is 6.92 Å². The van der Waals surface area contributed by atoms with Crippen LogP contribution >= 0.6 is 7.60 Å². The van der Waals surface area contributed by atoms with Gasteiger partial charge in [-0.2, -0.15) is 35.7 Å². The summed E-state index contributed by atoms with van der Waals surface area (Å²) in [5.41, 5.74) is -0.948. The highest BCUT2D eigenvalue weighted by atomic mass is 31.2. The highest BCUT2D eigenvalue weighted by Gasteiger charge is 2.38. The highest BCUT2D eigenvalue weighted by Crippen LogP contribution is 2.50. The Morgan fingerprint density at radius 1 is 1.07 bits per heavy atom. The summed E-state index contributed by atoms with van der Waals surface area (Å²) in [6.45, 7) is -3.35. The molecule has 0 aromatic carbocycles. The first-order chi connectivity index (χ1) is 13.7.